The Labute approximate surface area is 212 Å². The molecule has 0 saturated heterocycles. The third-order valence-corrected chi connectivity index (χ3v) is 7.42. The molecule has 0 spiro atoms. The van der Waals surface area contributed by atoms with Crippen LogP contribution in [-0.2, 0) is 0 Å². The number of ether oxygens (including phenoxy) is 1. The number of para-hydroxylation sites is 1. The van der Waals surface area contributed by atoms with Gasteiger partial charge in [-0.2, -0.15) is 0 Å². The number of carboxylic acid groups (broad SMARTS) is 1. The van der Waals surface area contributed by atoms with Crippen molar-refractivity contribution in [3.05, 3.63) is 113 Å². The first-order valence-electron chi connectivity index (χ1n) is 12.8. The minimum absolute atomic E-state index is 0.0918. The summed E-state index contributed by atoms with van der Waals surface area (Å²) in [4.78, 5) is 11.7. The maximum Gasteiger partial charge on any atom is 0.335 e. The van der Waals surface area contributed by atoms with E-state index < -0.39 is 5.97 Å². The van der Waals surface area contributed by atoms with Crippen LogP contribution in [0.1, 0.15) is 70.8 Å². The number of aromatic carboxylic acids is 1. The van der Waals surface area contributed by atoms with Gasteiger partial charge in [-0.25, -0.2) is 4.79 Å². The van der Waals surface area contributed by atoms with Crippen LogP contribution in [0.2, 0.25) is 0 Å². The molecular weight excluding hydrogens is 446 g/mol. The second-order valence-electron chi connectivity index (χ2n) is 9.83. The van der Waals surface area contributed by atoms with Crippen molar-refractivity contribution in [2.75, 3.05) is 6.54 Å². The van der Waals surface area contributed by atoms with Crippen LogP contribution in [0.15, 0.2) is 84.9 Å². The molecule has 1 heterocycles. The summed E-state index contributed by atoms with van der Waals surface area (Å²) in [6.45, 7) is 4.98. The highest BCUT2D eigenvalue weighted by molar-refractivity contribution is 5.89. The van der Waals surface area contributed by atoms with Crippen molar-refractivity contribution < 1.29 is 14.6 Å². The molecule has 4 aromatic carbocycles. The van der Waals surface area contributed by atoms with Crippen LogP contribution in [0.3, 0.4) is 0 Å². The number of benzene rings is 4. The summed E-state index contributed by atoms with van der Waals surface area (Å²) in [7, 11) is 0. The molecular formula is C32H33NO3. The highest BCUT2D eigenvalue weighted by atomic mass is 16.5. The Kier molecular flexibility index (Phi) is 7.06. The van der Waals surface area contributed by atoms with E-state index in [0.717, 1.165) is 48.2 Å². The number of rotatable bonds is 8. The van der Waals surface area contributed by atoms with Gasteiger partial charge in [-0.15, -0.1) is 0 Å². The van der Waals surface area contributed by atoms with Gasteiger partial charge in [0.2, 0.25) is 0 Å². The number of nitrogens with one attached hydrogen (secondary N) is 1. The Morgan fingerprint density at radius 1 is 1.03 bits per heavy atom. The summed E-state index contributed by atoms with van der Waals surface area (Å²) in [5.41, 5.74) is 4.66. The van der Waals surface area contributed by atoms with Gasteiger partial charge in [-0.05, 0) is 79.3 Å². The molecule has 4 heteroatoms. The van der Waals surface area contributed by atoms with Crippen molar-refractivity contribution in [3.8, 4) is 5.75 Å². The van der Waals surface area contributed by atoms with E-state index in [1.807, 2.05) is 37.3 Å². The number of carboxylic acids is 1. The van der Waals surface area contributed by atoms with Gasteiger partial charge in [0.05, 0.1) is 11.7 Å². The molecule has 0 fully saturated rings. The van der Waals surface area contributed by atoms with Crippen molar-refractivity contribution in [2.45, 2.75) is 51.2 Å². The molecule has 0 saturated carbocycles. The molecule has 1 aliphatic rings. The van der Waals surface area contributed by atoms with E-state index >= 15 is 0 Å². The molecule has 36 heavy (non-hydrogen) atoms. The molecule has 1 aliphatic heterocycles. The van der Waals surface area contributed by atoms with Crippen LogP contribution in [0.5, 0.6) is 5.75 Å². The fourth-order valence-electron chi connectivity index (χ4n) is 5.46. The summed E-state index contributed by atoms with van der Waals surface area (Å²) in [6.07, 6.45) is 2.88. The first-order chi connectivity index (χ1) is 17.5. The van der Waals surface area contributed by atoms with Gasteiger partial charge in [-0.3, -0.25) is 0 Å². The lowest BCUT2D eigenvalue weighted by atomic mass is 9.82. The third kappa shape index (κ3) is 5.00. The molecule has 0 amide bonds. The molecule has 0 bridgehead atoms. The van der Waals surface area contributed by atoms with Crippen molar-refractivity contribution in [2.24, 2.45) is 0 Å². The Morgan fingerprint density at radius 2 is 1.81 bits per heavy atom. The largest absolute Gasteiger partial charge is 0.490 e. The lowest BCUT2D eigenvalue weighted by Crippen LogP contribution is -2.28. The maximum atomic E-state index is 11.7. The minimum atomic E-state index is -0.877. The van der Waals surface area contributed by atoms with Gasteiger partial charge < -0.3 is 15.2 Å². The van der Waals surface area contributed by atoms with E-state index in [2.05, 4.69) is 66.8 Å². The van der Waals surface area contributed by atoms with E-state index in [1.54, 1.807) is 0 Å². The van der Waals surface area contributed by atoms with Crippen molar-refractivity contribution in [3.63, 3.8) is 0 Å². The normalized spacial score (nSPS) is 17.8. The zero-order valence-electron chi connectivity index (χ0n) is 20.9. The lowest BCUT2D eigenvalue weighted by Gasteiger charge is -2.33. The van der Waals surface area contributed by atoms with Gasteiger partial charge >= 0.3 is 5.97 Å². The monoisotopic (exact) mass is 479 g/mol. The lowest BCUT2D eigenvalue weighted by molar-refractivity contribution is 0.0696. The van der Waals surface area contributed by atoms with E-state index in [0.29, 0.717) is 5.56 Å². The standard InChI is InChI=1S/C32H33NO3/c1-21-16-17-24(19-29(21)32(34)35)30-20-25(36-31-15-6-5-13-28(30)31)11-8-18-33-22(2)26-14-7-10-23-9-3-4-12-27(23)26/h3-7,9-10,12-17,19,22,25,30,33H,8,11,18,20H2,1-2H3,(H,34,35)/t22?,25-,30-/m1/s1. The van der Waals surface area contributed by atoms with Crippen LogP contribution in [0.25, 0.3) is 10.8 Å². The van der Waals surface area contributed by atoms with Crippen molar-refractivity contribution >= 4 is 16.7 Å². The Hall–Kier alpha value is -3.63. The molecule has 1 unspecified atom stereocenters. The Bertz CT molecular complexity index is 1370. The topological polar surface area (TPSA) is 58.6 Å². The summed E-state index contributed by atoms with van der Waals surface area (Å²) >= 11 is 0. The Balaban J connectivity index is 1.25. The molecule has 4 nitrogen and oxygen atoms in total. The van der Waals surface area contributed by atoms with Crippen LogP contribution >= 0.6 is 0 Å². The van der Waals surface area contributed by atoms with Crippen LogP contribution in [0.4, 0.5) is 0 Å². The third-order valence-electron chi connectivity index (χ3n) is 7.42. The SMILES string of the molecule is Cc1ccc([C@H]2C[C@@H](CCCNC(C)c3cccc4ccccc34)Oc3ccccc32)cc1C(=O)O. The molecule has 5 rings (SSSR count). The molecule has 3 atom stereocenters. The van der Waals surface area contributed by atoms with E-state index in [4.69, 9.17) is 4.74 Å². The number of fused-ring (bicyclic) bond motifs is 2. The number of hydrogen-bond donors (Lipinski definition) is 2. The highest BCUT2D eigenvalue weighted by Crippen LogP contribution is 2.41. The summed E-state index contributed by atoms with van der Waals surface area (Å²) in [6, 6.07) is 29.3. The molecule has 4 aromatic rings. The first-order valence-corrected chi connectivity index (χ1v) is 12.8. The quantitative estimate of drug-likeness (QED) is 0.261. The van der Waals surface area contributed by atoms with E-state index in [1.165, 1.54) is 16.3 Å². The average Bonchev–Trinajstić information content (AvgIpc) is 2.90. The number of carbonyl (C=O) groups is 1. The first kappa shape index (κ1) is 24.1. The van der Waals surface area contributed by atoms with Gasteiger partial charge in [0, 0.05) is 17.5 Å². The van der Waals surface area contributed by atoms with Gasteiger partial charge in [0.1, 0.15) is 5.75 Å². The average molecular weight is 480 g/mol. The smallest absolute Gasteiger partial charge is 0.335 e. The zero-order valence-corrected chi connectivity index (χ0v) is 20.9. The minimum Gasteiger partial charge on any atom is -0.490 e. The van der Waals surface area contributed by atoms with Gasteiger partial charge in [0.25, 0.3) is 0 Å². The van der Waals surface area contributed by atoms with Crippen molar-refractivity contribution in [1.29, 1.82) is 0 Å². The van der Waals surface area contributed by atoms with Crippen LogP contribution < -0.4 is 10.1 Å². The fourth-order valence-corrected chi connectivity index (χ4v) is 5.46. The Morgan fingerprint density at radius 3 is 2.67 bits per heavy atom. The second-order valence-corrected chi connectivity index (χ2v) is 9.83. The molecule has 0 radical (unpaired) electrons. The molecule has 2 N–H and O–H groups in total. The zero-order chi connectivity index (χ0) is 25.1. The fraction of sp³-hybridized carbons (Fsp3) is 0.281. The molecule has 0 aromatic heterocycles. The van der Waals surface area contributed by atoms with Gasteiger partial charge in [0.15, 0.2) is 0 Å². The predicted octanol–water partition coefficient (Wildman–Crippen LogP) is 7.26. The predicted molar refractivity (Wildman–Crippen MR) is 145 cm³/mol. The molecule has 184 valence electrons. The maximum absolute atomic E-state index is 11.7. The number of hydrogen-bond acceptors (Lipinski definition) is 3. The summed E-state index contributed by atoms with van der Waals surface area (Å²) in [5.74, 6) is 0.159. The van der Waals surface area contributed by atoms with Gasteiger partial charge in [-0.1, -0.05) is 72.8 Å². The summed E-state index contributed by atoms with van der Waals surface area (Å²) < 4.78 is 6.39. The number of aryl methyl sites for hydroxylation is 1. The summed E-state index contributed by atoms with van der Waals surface area (Å²) in [5, 5.41) is 15.9. The highest BCUT2D eigenvalue weighted by Gasteiger charge is 2.29. The van der Waals surface area contributed by atoms with Crippen LogP contribution in [0, 0.1) is 6.92 Å². The van der Waals surface area contributed by atoms with E-state index in [-0.39, 0.29) is 18.1 Å². The molecule has 0 aliphatic carbocycles. The van der Waals surface area contributed by atoms with Crippen LogP contribution in [-0.4, -0.2) is 23.7 Å². The van der Waals surface area contributed by atoms with Crippen molar-refractivity contribution in [1.82, 2.24) is 5.32 Å². The second kappa shape index (κ2) is 10.5. The van der Waals surface area contributed by atoms with E-state index in [9.17, 15) is 9.90 Å².